The first-order chi connectivity index (χ1) is 10.9. The number of carbonyl (C=O) groups is 1. The number of carboxylic acids is 1. The molecule has 2 aromatic carbocycles. The molecule has 0 aliphatic carbocycles. The van der Waals surface area contributed by atoms with Crippen LogP contribution in [0.1, 0.15) is 18.1 Å². The lowest BCUT2D eigenvalue weighted by Crippen LogP contribution is -2.14. The quantitative estimate of drug-likeness (QED) is 0.797. The van der Waals surface area contributed by atoms with E-state index in [-0.39, 0.29) is 4.90 Å². The maximum Gasteiger partial charge on any atom is 0.328 e. The molecular formula is C17H17NO4S. The van der Waals surface area contributed by atoms with Gasteiger partial charge in [-0.05, 0) is 41.8 Å². The van der Waals surface area contributed by atoms with Gasteiger partial charge in [-0.3, -0.25) is 4.72 Å². The second kappa shape index (κ2) is 7.11. The van der Waals surface area contributed by atoms with Crippen molar-refractivity contribution in [2.75, 3.05) is 4.72 Å². The summed E-state index contributed by atoms with van der Waals surface area (Å²) in [6.07, 6.45) is 3.12. The zero-order valence-electron chi connectivity index (χ0n) is 12.6. The fraction of sp³-hybridized carbons (Fsp3) is 0.118. The first kappa shape index (κ1) is 16.8. The first-order valence-electron chi connectivity index (χ1n) is 7.04. The largest absolute Gasteiger partial charge is 0.478 e. The van der Waals surface area contributed by atoms with Gasteiger partial charge in [-0.25, -0.2) is 13.2 Å². The van der Waals surface area contributed by atoms with E-state index in [4.69, 9.17) is 5.11 Å². The minimum atomic E-state index is -3.68. The zero-order valence-corrected chi connectivity index (χ0v) is 13.4. The Morgan fingerprint density at radius 3 is 2.39 bits per heavy atom. The van der Waals surface area contributed by atoms with E-state index in [9.17, 15) is 13.2 Å². The first-order valence-corrected chi connectivity index (χ1v) is 8.52. The Morgan fingerprint density at radius 2 is 1.78 bits per heavy atom. The van der Waals surface area contributed by atoms with Crippen molar-refractivity contribution in [3.8, 4) is 0 Å². The van der Waals surface area contributed by atoms with E-state index in [1.54, 1.807) is 24.3 Å². The maximum atomic E-state index is 12.4. The predicted molar refractivity (Wildman–Crippen MR) is 89.7 cm³/mol. The fourth-order valence-electron chi connectivity index (χ4n) is 2.06. The van der Waals surface area contributed by atoms with E-state index < -0.39 is 16.0 Å². The summed E-state index contributed by atoms with van der Waals surface area (Å²) in [6, 6.07) is 13.2. The molecule has 0 saturated carbocycles. The van der Waals surface area contributed by atoms with E-state index >= 15 is 0 Å². The molecule has 23 heavy (non-hydrogen) atoms. The Bertz CT molecular complexity index is 824. The summed E-state index contributed by atoms with van der Waals surface area (Å²) in [5.41, 5.74) is 2.09. The average molecular weight is 331 g/mol. The van der Waals surface area contributed by atoms with Crippen LogP contribution in [0.5, 0.6) is 0 Å². The number of aliphatic carboxylic acids is 1. The molecule has 2 rings (SSSR count). The van der Waals surface area contributed by atoms with Gasteiger partial charge in [-0.2, -0.15) is 0 Å². The zero-order chi connectivity index (χ0) is 16.9. The Morgan fingerprint density at radius 1 is 1.13 bits per heavy atom. The van der Waals surface area contributed by atoms with Gasteiger partial charge in [0.05, 0.1) is 10.6 Å². The van der Waals surface area contributed by atoms with Crippen LogP contribution < -0.4 is 4.72 Å². The smallest absolute Gasteiger partial charge is 0.328 e. The number of sulfonamides is 1. The predicted octanol–water partition coefficient (Wildman–Crippen LogP) is 3.15. The van der Waals surface area contributed by atoms with Crippen molar-refractivity contribution in [2.45, 2.75) is 18.2 Å². The number of para-hydroxylation sites is 1. The summed E-state index contributed by atoms with van der Waals surface area (Å²) >= 11 is 0. The number of carboxylic acid groups (broad SMARTS) is 1. The molecule has 6 heteroatoms. The molecule has 0 bridgehead atoms. The van der Waals surface area contributed by atoms with Crippen molar-refractivity contribution in [3.63, 3.8) is 0 Å². The number of anilines is 1. The van der Waals surface area contributed by atoms with Crippen molar-refractivity contribution < 1.29 is 18.3 Å². The summed E-state index contributed by atoms with van der Waals surface area (Å²) < 4.78 is 27.4. The van der Waals surface area contributed by atoms with Crippen molar-refractivity contribution in [2.24, 2.45) is 0 Å². The molecule has 0 amide bonds. The highest BCUT2D eigenvalue weighted by atomic mass is 32.2. The topological polar surface area (TPSA) is 83.5 Å². The molecule has 0 unspecified atom stereocenters. The third-order valence-corrected chi connectivity index (χ3v) is 4.63. The Labute approximate surface area is 135 Å². The minimum absolute atomic E-state index is 0.121. The third-order valence-electron chi connectivity index (χ3n) is 3.25. The maximum absolute atomic E-state index is 12.4. The number of nitrogens with one attached hydrogen (secondary N) is 1. The van der Waals surface area contributed by atoms with Gasteiger partial charge in [-0.15, -0.1) is 0 Å². The molecule has 0 aliphatic rings. The molecule has 0 saturated heterocycles. The van der Waals surface area contributed by atoms with Crippen molar-refractivity contribution in [1.82, 2.24) is 0 Å². The lowest BCUT2D eigenvalue weighted by Gasteiger charge is -2.11. The van der Waals surface area contributed by atoms with Crippen molar-refractivity contribution in [1.29, 1.82) is 0 Å². The van der Waals surface area contributed by atoms with Crippen LogP contribution in [-0.4, -0.2) is 19.5 Å². The van der Waals surface area contributed by atoms with Crippen LogP contribution in [0.3, 0.4) is 0 Å². The molecule has 2 aromatic rings. The van der Waals surface area contributed by atoms with E-state index in [0.717, 1.165) is 18.1 Å². The van der Waals surface area contributed by atoms with Gasteiger partial charge in [0.1, 0.15) is 0 Å². The molecule has 0 atom stereocenters. The van der Waals surface area contributed by atoms with Crippen LogP contribution in [0.25, 0.3) is 6.08 Å². The van der Waals surface area contributed by atoms with Gasteiger partial charge in [0.15, 0.2) is 0 Å². The molecule has 2 N–H and O–H groups in total. The molecular weight excluding hydrogens is 314 g/mol. The standard InChI is InChI=1S/C17H17NO4S/c1-2-14-5-3-4-6-16(14)18-23(21,22)15-10-7-13(8-11-15)9-12-17(19)20/h3-12,18H,2H2,1H3,(H,19,20)/b12-9+. The SMILES string of the molecule is CCc1ccccc1NS(=O)(=O)c1ccc(/C=C/C(=O)O)cc1. The van der Waals surface area contributed by atoms with Gasteiger partial charge in [0.25, 0.3) is 10.0 Å². The average Bonchev–Trinajstić information content (AvgIpc) is 2.53. The van der Waals surface area contributed by atoms with E-state index in [0.29, 0.717) is 11.3 Å². The van der Waals surface area contributed by atoms with Crippen LogP contribution in [0.4, 0.5) is 5.69 Å². The van der Waals surface area contributed by atoms with Crippen LogP contribution in [-0.2, 0) is 21.2 Å². The Balaban J connectivity index is 2.24. The number of benzene rings is 2. The summed E-state index contributed by atoms with van der Waals surface area (Å²) in [4.78, 5) is 10.6. The van der Waals surface area contributed by atoms with Gasteiger partial charge in [-0.1, -0.05) is 37.3 Å². The third kappa shape index (κ3) is 4.43. The van der Waals surface area contributed by atoms with Gasteiger partial charge < -0.3 is 5.11 Å². The van der Waals surface area contributed by atoms with Gasteiger partial charge >= 0.3 is 5.97 Å². The summed E-state index contributed by atoms with van der Waals surface area (Å²) in [5.74, 6) is -1.06. The van der Waals surface area contributed by atoms with Crippen molar-refractivity contribution >= 4 is 27.8 Å². The number of hydrogen-bond donors (Lipinski definition) is 2. The normalized spacial score (nSPS) is 11.5. The molecule has 0 radical (unpaired) electrons. The number of hydrogen-bond acceptors (Lipinski definition) is 3. The molecule has 0 heterocycles. The number of rotatable bonds is 6. The Hall–Kier alpha value is -2.60. The second-order valence-corrected chi connectivity index (χ2v) is 6.54. The minimum Gasteiger partial charge on any atom is -0.478 e. The highest BCUT2D eigenvalue weighted by Crippen LogP contribution is 2.21. The lowest BCUT2D eigenvalue weighted by atomic mass is 10.1. The Kier molecular flexibility index (Phi) is 5.18. The molecule has 0 aromatic heterocycles. The molecule has 0 fully saturated rings. The highest BCUT2D eigenvalue weighted by molar-refractivity contribution is 7.92. The monoisotopic (exact) mass is 331 g/mol. The van der Waals surface area contributed by atoms with Crippen LogP contribution in [0, 0.1) is 0 Å². The van der Waals surface area contributed by atoms with Crippen LogP contribution in [0.15, 0.2) is 59.5 Å². The van der Waals surface area contributed by atoms with E-state index in [2.05, 4.69) is 4.72 Å². The second-order valence-electron chi connectivity index (χ2n) is 4.86. The lowest BCUT2D eigenvalue weighted by molar-refractivity contribution is -0.131. The summed E-state index contributed by atoms with van der Waals surface area (Å²) in [5, 5.41) is 8.58. The summed E-state index contributed by atoms with van der Waals surface area (Å²) in [7, 11) is -3.68. The molecule has 0 spiro atoms. The van der Waals surface area contributed by atoms with Crippen molar-refractivity contribution in [3.05, 3.63) is 65.7 Å². The van der Waals surface area contributed by atoms with Gasteiger partial charge in [0, 0.05) is 6.08 Å². The highest BCUT2D eigenvalue weighted by Gasteiger charge is 2.15. The molecule has 120 valence electrons. The summed E-state index contributed by atoms with van der Waals surface area (Å²) in [6.45, 7) is 1.96. The fourth-order valence-corrected chi connectivity index (χ4v) is 3.16. The van der Waals surface area contributed by atoms with Gasteiger partial charge in [0.2, 0.25) is 0 Å². The van der Waals surface area contributed by atoms with Crippen LogP contribution >= 0.6 is 0 Å². The van der Waals surface area contributed by atoms with E-state index in [1.807, 2.05) is 19.1 Å². The van der Waals surface area contributed by atoms with Crippen LogP contribution in [0.2, 0.25) is 0 Å². The van der Waals surface area contributed by atoms with E-state index in [1.165, 1.54) is 18.2 Å². The molecule has 5 nitrogen and oxygen atoms in total. The molecule has 0 aliphatic heterocycles. The number of aryl methyl sites for hydroxylation is 1.